The number of imidazole rings is 1. The SMILES string of the molecule is Cc1ccc(-c2nc(C(C(C)C)N3C(=O)CNC3=O)[nH]c2C)c(Cl)c1. The van der Waals surface area contributed by atoms with Gasteiger partial charge < -0.3 is 10.3 Å². The number of amides is 3. The molecule has 25 heavy (non-hydrogen) atoms. The molecule has 1 aromatic heterocycles. The number of imide groups is 1. The Hall–Kier alpha value is -2.34. The number of aryl methyl sites for hydroxylation is 2. The van der Waals surface area contributed by atoms with Crippen LogP contribution in [0.3, 0.4) is 0 Å². The Balaban J connectivity index is 2.05. The van der Waals surface area contributed by atoms with Crippen LogP contribution in [0.2, 0.25) is 5.02 Å². The lowest BCUT2D eigenvalue weighted by molar-refractivity contribution is -0.127. The molecule has 0 saturated carbocycles. The van der Waals surface area contributed by atoms with Gasteiger partial charge in [0.25, 0.3) is 5.91 Å². The molecule has 132 valence electrons. The number of aromatic amines is 1. The van der Waals surface area contributed by atoms with Crippen molar-refractivity contribution in [3.63, 3.8) is 0 Å². The number of aromatic nitrogens is 2. The van der Waals surface area contributed by atoms with Crippen LogP contribution in [0.25, 0.3) is 11.3 Å². The van der Waals surface area contributed by atoms with E-state index in [9.17, 15) is 9.59 Å². The van der Waals surface area contributed by atoms with Crippen molar-refractivity contribution >= 4 is 23.5 Å². The summed E-state index contributed by atoms with van der Waals surface area (Å²) in [6, 6.07) is 4.97. The Morgan fingerprint density at radius 2 is 1.96 bits per heavy atom. The summed E-state index contributed by atoms with van der Waals surface area (Å²) in [6.07, 6.45) is 0. The monoisotopic (exact) mass is 360 g/mol. The zero-order valence-electron chi connectivity index (χ0n) is 14.7. The molecule has 0 radical (unpaired) electrons. The summed E-state index contributed by atoms with van der Waals surface area (Å²) in [6.45, 7) is 7.83. The third kappa shape index (κ3) is 3.14. The molecular weight excluding hydrogens is 340 g/mol. The van der Waals surface area contributed by atoms with Crippen LogP contribution >= 0.6 is 11.6 Å². The number of urea groups is 1. The first kappa shape index (κ1) is 17.5. The lowest BCUT2D eigenvalue weighted by atomic mass is 10.0. The van der Waals surface area contributed by atoms with Crippen LogP contribution in [0, 0.1) is 19.8 Å². The molecule has 1 aliphatic heterocycles. The first-order valence-corrected chi connectivity index (χ1v) is 8.60. The predicted molar refractivity (Wildman–Crippen MR) is 96.3 cm³/mol. The third-order valence-electron chi connectivity index (χ3n) is 4.35. The highest BCUT2D eigenvalue weighted by atomic mass is 35.5. The van der Waals surface area contributed by atoms with Gasteiger partial charge in [0.05, 0.1) is 17.3 Å². The molecule has 2 N–H and O–H groups in total. The van der Waals surface area contributed by atoms with E-state index in [1.54, 1.807) is 0 Å². The molecule has 1 saturated heterocycles. The second kappa shape index (κ2) is 6.52. The number of carbonyl (C=O) groups excluding carboxylic acids is 2. The number of H-pyrrole nitrogens is 1. The van der Waals surface area contributed by atoms with E-state index in [4.69, 9.17) is 16.6 Å². The van der Waals surface area contributed by atoms with E-state index in [0.29, 0.717) is 10.8 Å². The smallest absolute Gasteiger partial charge is 0.325 e. The van der Waals surface area contributed by atoms with Crippen LogP contribution in [-0.4, -0.2) is 33.4 Å². The van der Waals surface area contributed by atoms with Gasteiger partial charge in [-0.15, -0.1) is 0 Å². The first-order chi connectivity index (χ1) is 11.8. The highest BCUT2D eigenvalue weighted by Crippen LogP contribution is 2.34. The molecule has 0 aliphatic carbocycles. The molecule has 1 fully saturated rings. The summed E-state index contributed by atoms with van der Waals surface area (Å²) in [5.41, 5.74) is 3.48. The van der Waals surface area contributed by atoms with E-state index in [2.05, 4.69) is 10.3 Å². The molecule has 1 aromatic carbocycles. The van der Waals surface area contributed by atoms with Gasteiger partial charge in [-0.2, -0.15) is 0 Å². The summed E-state index contributed by atoms with van der Waals surface area (Å²) < 4.78 is 0. The second-order valence-electron chi connectivity index (χ2n) is 6.69. The van der Waals surface area contributed by atoms with Crippen molar-refractivity contribution in [2.45, 2.75) is 33.7 Å². The predicted octanol–water partition coefficient (Wildman–Crippen LogP) is 3.60. The van der Waals surface area contributed by atoms with E-state index < -0.39 is 6.04 Å². The van der Waals surface area contributed by atoms with Crippen molar-refractivity contribution in [2.24, 2.45) is 5.92 Å². The van der Waals surface area contributed by atoms with Gasteiger partial charge in [-0.05, 0) is 31.4 Å². The second-order valence-corrected chi connectivity index (χ2v) is 7.10. The molecule has 3 rings (SSSR count). The zero-order chi connectivity index (χ0) is 18.3. The van der Waals surface area contributed by atoms with E-state index >= 15 is 0 Å². The molecule has 2 aromatic rings. The minimum absolute atomic E-state index is 0.0136. The lowest BCUT2D eigenvalue weighted by Crippen LogP contribution is -2.38. The van der Waals surface area contributed by atoms with Crippen LogP contribution < -0.4 is 5.32 Å². The minimum Gasteiger partial charge on any atom is -0.344 e. The van der Waals surface area contributed by atoms with E-state index in [1.807, 2.05) is 45.9 Å². The fourth-order valence-electron chi connectivity index (χ4n) is 3.15. The average Bonchev–Trinajstić information content (AvgIpc) is 3.05. The summed E-state index contributed by atoms with van der Waals surface area (Å²) in [5, 5.41) is 3.19. The summed E-state index contributed by atoms with van der Waals surface area (Å²) in [5.74, 6) is 0.358. The van der Waals surface area contributed by atoms with Gasteiger partial charge >= 0.3 is 6.03 Å². The van der Waals surface area contributed by atoms with Crippen molar-refractivity contribution < 1.29 is 9.59 Å². The third-order valence-corrected chi connectivity index (χ3v) is 4.66. The van der Waals surface area contributed by atoms with Crippen LogP contribution in [0.1, 0.15) is 37.0 Å². The Bertz CT molecular complexity index is 828. The number of hydrogen-bond donors (Lipinski definition) is 2. The van der Waals surface area contributed by atoms with Crippen LogP contribution in [-0.2, 0) is 4.79 Å². The number of nitrogens with one attached hydrogen (secondary N) is 2. The Kier molecular flexibility index (Phi) is 4.56. The maximum Gasteiger partial charge on any atom is 0.325 e. The molecule has 1 aliphatic rings. The normalized spacial score (nSPS) is 15.8. The number of halogens is 1. The van der Waals surface area contributed by atoms with Gasteiger partial charge in [0, 0.05) is 11.3 Å². The van der Waals surface area contributed by atoms with Crippen LogP contribution in [0.4, 0.5) is 4.79 Å². The van der Waals surface area contributed by atoms with Crippen molar-refractivity contribution in [1.29, 1.82) is 0 Å². The maximum absolute atomic E-state index is 12.1. The molecule has 1 unspecified atom stereocenters. The maximum atomic E-state index is 12.1. The van der Waals surface area contributed by atoms with Crippen LogP contribution in [0.5, 0.6) is 0 Å². The molecular formula is C18H21ClN4O2. The number of carbonyl (C=O) groups is 2. The van der Waals surface area contributed by atoms with Gasteiger partial charge in [0.1, 0.15) is 11.9 Å². The minimum atomic E-state index is -0.452. The lowest BCUT2D eigenvalue weighted by Gasteiger charge is -2.26. The summed E-state index contributed by atoms with van der Waals surface area (Å²) in [7, 11) is 0. The van der Waals surface area contributed by atoms with Gasteiger partial charge in [0.2, 0.25) is 0 Å². The van der Waals surface area contributed by atoms with E-state index in [-0.39, 0.29) is 24.4 Å². The summed E-state index contributed by atoms with van der Waals surface area (Å²) in [4.78, 5) is 33.4. The Morgan fingerprint density at radius 3 is 2.52 bits per heavy atom. The van der Waals surface area contributed by atoms with Gasteiger partial charge in [-0.3, -0.25) is 9.69 Å². The van der Waals surface area contributed by atoms with Crippen molar-refractivity contribution in [3.05, 3.63) is 40.3 Å². The van der Waals surface area contributed by atoms with Crippen LogP contribution in [0.15, 0.2) is 18.2 Å². The zero-order valence-corrected chi connectivity index (χ0v) is 15.4. The highest BCUT2D eigenvalue weighted by molar-refractivity contribution is 6.33. The quantitative estimate of drug-likeness (QED) is 0.818. The molecule has 0 bridgehead atoms. The molecule has 6 nitrogen and oxygen atoms in total. The summed E-state index contributed by atoms with van der Waals surface area (Å²) >= 11 is 6.38. The molecule has 3 amide bonds. The largest absolute Gasteiger partial charge is 0.344 e. The number of benzene rings is 1. The van der Waals surface area contributed by atoms with Crippen molar-refractivity contribution in [3.8, 4) is 11.3 Å². The number of nitrogens with zero attached hydrogens (tertiary/aromatic N) is 2. The highest BCUT2D eigenvalue weighted by Gasteiger charge is 2.39. The molecule has 7 heteroatoms. The van der Waals surface area contributed by atoms with Gasteiger partial charge in [-0.1, -0.05) is 37.6 Å². The van der Waals surface area contributed by atoms with Crippen molar-refractivity contribution in [1.82, 2.24) is 20.2 Å². The first-order valence-electron chi connectivity index (χ1n) is 8.22. The number of hydrogen-bond acceptors (Lipinski definition) is 3. The standard InChI is InChI=1S/C18H21ClN4O2/c1-9(2)16(23-14(24)8-20-18(23)25)17-21-11(4)15(22-17)12-6-5-10(3)7-13(12)19/h5-7,9,16H,8H2,1-4H3,(H,20,25)(H,21,22). The van der Waals surface area contributed by atoms with Gasteiger partial charge in [0.15, 0.2) is 0 Å². The fourth-order valence-corrected chi connectivity index (χ4v) is 3.48. The fraction of sp³-hybridized carbons (Fsp3) is 0.389. The van der Waals surface area contributed by atoms with Crippen molar-refractivity contribution in [2.75, 3.05) is 6.54 Å². The van der Waals surface area contributed by atoms with E-state index in [0.717, 1.165) is 22.5 Å². The Labute approximate surface area is 151 Å². The number of rotatable bonds is 4. The molecule has 0 spiro atoms. The van der Waals surface area contributed by atoms with Gasteiger partial charge in [-0.25, -0.2) is 9.78 Å². The molecule has 2 heterocycles. The topological polar surface area (TPSA) is 78.1 Å². The molecule has 1 atom stereocenters. The Morgan fingerprint density at radius 1 is 1.24 bits per heavy atom. The van der Waals surface area contributed by atoms with E-state index in [1.165, 1.54) is 4.90 Å². The average molecular weight is 361 g/mol.